The fourth-order valence-electron chi connectivity index (χ4n) is 3.62. The van der Waals surface area contributed by atoms with Gasteiger partial charge in [-0.1, -0.05) is 15.9 Å². The Kier molecular flexibility index (Phi) is 6.87. The summed E-state index contributed by atoms with van der Waals surface area (Å²) in [5, 5.41) is 4.29. The van der Waals surface area contributed by atoms with E-state index >= 15 is 0 Å². The fraction of sp³-hybridized carbons (Fsp3) is 0.167. The van der Waals surface area contributed by atoms with E-state index in [1.54, 1.807) is 31.2 Å². The van der Waals surface area contributed by atoms with Crippen LogP contribution in [0.15, 0.2) is 62.5 Å². The molecule has 174 valence electrons. The van der Waals surface area contributed by atoms with E-state index in [0.29, 0.717) is 41.0 Å². The predicted molar refractivity (Wildman–Crippen MR) is 126 cm³/mol. The molecule has 0 saturated heterocycles. The number of halogens is 2. The lowest BCUT2D eigenvalue weighted by atomic mass is 9.93. The van der Waals surface area contributed by atoms with Crippen LogP contribution < -0.4 is 16.3 Å². The van der Waals surface area contributed by atoms with Crippen LogP contribution in [0.1, 0.15) is 61.0 Å². The van der Waals surface area contributed by atoms with Gasteiger partial charge >= 0.3 is 5.91 Å². The summed E-state index contributed by atoms with van der Waals surface area (Å²) in [6, 6.07) is 11.8. The Hall–Kier alpha value is -3.79. The molecule has 34 heavy (non-hydrogen) atoms. The minimum absolute atomic E-state index is 0.0400. The highest BCUT2D eigenvalue weighted by Gasteiger charge is 2.28. The molecule has 1 aliphatic carbocycles. The van der Waals surface area contributed by atoms with E-state index in [-0.39, 0.29) is 17.2 Å². The van der Waals surface area contributed by atoms with Gasteiger partial charge < -0.3 is 4.42 Å². The van der Waals surface area contributed by atoms with Crippen molar-refractivity contribution < 1.29 is 23.2 Å². The van der Waals surface area contributed by atoms with Crippen LogP contribution in [-0.2, 0) is 6.42 Å². The molecular weight excluding hydrogens is 507 g/mol. The van der Waals surface area contributed by atoms with Crippen LogP contribution in [0.3, 0.4) is 0 Å². The van der Waals surface area contributed by atoms with E-state index in [9.17, 15) is 18.8 Å². The van der Waals surface area contributed by atoms with Gasteiger partial charge in [-0.15, -0.1) is 0 Å². The van der Waals surface area contributed by atoms with Gasteiger partial charge in [0.05, 0.1) is 5.71 Å². The fourth-order valence-corrected chi connectivity index (χ4v) is 3.89. The number of hydrogen-bond acceptors (Lipinski definition) is 5. The number of rotatable bonds is 4. The second kappa shape index (κ2) is 10.0. The summed E-state index contributed by atoms with van der Waals surface area (Å²) in [4.78, 5) is 37.2. The number of nitrogens with zero attached hydrogens (tertiary/aromatic N) is 1. The number of carbonyl (C=O) groups is 3. The normalized spacial score (nSPS) is 13.8. The number of hydrazone groups is 1. The molecule has 0 atom stereocenters. The monoisotopic (exact) mass is 526 g/mol. The molecule has 0 spiro atoms. The molecule has 0 unspecified atom stereocenters. The van der Waals surface area contributed by atoms with Crippen LogP contribution in [0.5, 0.6) is 0 Å². The van der Waals surface area contributed by atoms with Crippen molar-refractivity contribution in [2.45, 2.75) is 26.2 Å². The molecule has 3 amide bonds. The van der Waals surface area contributed by atoms with Crippen LogP contribution >= 0.6 is 15.9 Å². The molecule has 1 aliphatic rings. The van der Waals surface area contributed by atoms with E-state index in [2.05, 4.69) is 37.3 Å². The Balaban J connectivity index is 1.47. The largest absolute Gasteiger partial charge is 0.455 e. The number of aryl methyl sites for hydroxylation is 1. The van der Waals surface area contributed by atoms with Crippen LogP contribution in [0.2, 0.25) is 0 Å². The number of furan rings is 1. The van der Waals surface area contributed by atoms with Gasteiger partial charge in [0.25, 0.3) is 11.8 Å². The van der Waals surface area contributed by atoms with Crippen molar-refractivity contribution in [1.82, 2.24) is 16.3 Å². The summed E-state index contributed by atoms with van der Waals surface area (Å²) in [7, 11) is 0. The Morgan fingerprint density at radius 1 is 0.912 bits per heavy atom. The Morgan fingerprint density at radius 2 is 1.53 bits per heavy atom. The van der Waals surface area contributed by atoms with Crippen molar-refractivity contribution in [3.8, 4) is 0 Å². The van der Waals surface area contributed by atoms with Crippen LogP contribution in [0, 0.1) is 12.7 Å². The average molecular weight is 527 g/mol. The van der Waals surface area contributed by atoms with Gasteiger partial charge in [-0.25, -0.2) is 9.82 Å². The van der Waals surface area contributed by atoms with Crippen molar-refractivity contribution in [2.24, 2.45) is 5.10 Å². The third-order valence-electron chi connectivity index (χ3n) is 5.33. The molecule has 1 heterocycles. The second-order valence-electron chi connectivity index (χ2n) is 7.63. The molecule has 10 heteroatoms. The van der Waals surface area contributed by atoms with Crippen molar-refractivity contribution >= 4 is 39.4 Å². The molecule has 1 aromatic heterocycles. The van der Waals surface area contributed by atoms with Crippen LogP contribution in [0.25, 0.3) is 0 Å². The Morgan fingerprint density at radius 3 is 2.24 bits per heavy atom. The zero-order valence-electron chi connectivity index (χ0n) is 18.1. The molecule has 0 bridgehead atoms. The second-order valence-corrected chi connectivity index (χ2v) is 8.55. The van der Waals surface area contributed by atoms with E-state index in [0.717, 1.165) is 23.0 Å². The van der Waals surface area contributed by atoms with Gasteiger partial charge in [0.15, 0.2) is 5.76 Å². The lowest BCUT2D eigenvalue weighted by Crippen LogP contribution is -2.41. The van der Waals surface area contributed by atoms with E-state index < -0.39 is 17.6 Å². The topological polar surface area (TPSA) is 113 Å². The molecular formula is C24H20BrFN4O4. The SMILES string of the molecule is Cc1c(C(=O)NNC(=O)c2ccc(F)cc2)oc2c1/C(=N/NC(=O)c1ccc(Br)cc1)CCC2. The number of nitrogens with one attached hydrogen (secondary N) is 3. The third-order valence-corrected chi connectivity index (χ3v) is 5.86. The summed E-state index contributed by atoms with van der Waals surface area (Å²) in [5.74, 6) is -1.42. The average Bonchev–Trinajstić information content (AvgIpc) is 3.18. The van der Waals surface area contributed by atoms with Crippen molar-refractivity contribution in [3.63, 3.8) is 0 Å². The first-order valence-electron chi connectivity index (χ1n) is 10.4. The van der Waals surface area contributed by atoms with Crippen LogP contribution in [0.4, 0.5) is 4.39 Å². The maximum absolute atomic E-state index is 13.0. The summed E-state index contributed by atoms with van der Waals surface area (Å²) in [6.07, 6.45) is 1.97. The first-order valence-corrected chi connectivity index (χ1v) is 11.2. The van der Waals surface area contributed by atoms with E-state index in [4.69, 9.17) is 4.42 Å². The first-order chi connectivity index (χ1) is 16.3. The maximum atomic E-state index is 13.0. The maximum Gasteiger partial charge on any atom is 0.305 e. The van der Waals surface area contributed by atoms with E-state index in [1.807, 2.05) is 0 Å². The van der Waals surface area contributed by atoms with E-state index in [1.165, 1.54) is 12.1 Å². The molecule has 0 saturated carbocycles. The van der Waals surface area contributed by atoms with Gasteiger partial charge in [-0.3, -0.25) is 25.2 Å². The molecule has 3 aromatic rings. The first kappa shape index (κ1) is 23.4. The minimum Gasteiger partial charge on any atom is -0.455 e. The highest BCUT2D eigenvalue weighted by Crippen LogP contribution is 2.29. The summed E-state index contributed by atoms with van der Waals surface area (Å²) >= 11 is 3.33. The molecule has 0 fully saturated rings. The zero-order valence-corrected chi connectivity index (χ0v) is 19.7. The number of benzene rings is 2. The van der Waals surface area contributed by atoms with Crippen molar-refractivity contribution in [1.29, 1.82) is 0 Å². The standard InChI is InChI=1S/C24H20BrFN4O4/c1-13-20-18(27-28-22(31)14-5-9-16(25)10-6-14)3-2-4-19(20)34-21(13)24(33)30-29-23(32)15-7-11-17(26)12-8-15/h5-12H,2-4H2,1H3,(H,28,31)(H,29,32)(H,30,33)/b27-18+. The molecule has 0 radical (unpaired) electrons. The Labute approximate surface area is 202 Å². The highest BCUT2D eigenvalue weighted by molar-refractivity contribution is 9.10. The van der Waals surface area contributed by atoms with Crippen molar-refractivity contribution in [3.05, 3.63) is 92.6 Å². The highest BCUT2D eigenvalue weighted by atomic mass is 79.9. The van der Waals surface area contributed by atoms with Gasteiger partial charge in [0.1, 0.15) is 11.6 Å². The number of hydrazine groups is 1. The van der Waals surface area contributed by atoms with Crippen molar-refractivity contribution in [2.75, 3.05) is 0 Å². The molecule has 2 aromatic carbocycles. The molecule has 4 rings (SSSR count). The number of hydrogen-bond donors (Lipinski definition) is 3. The van der Waals surface area contributed by atoms with Gasteiger partial charge in [-0.2, -0.15) is 5.10 Å². The molecule has 8 nitrogen and oxygen atoms in total. The predicted octanol–water partition coefficient (Wildman–Crippen LogP) is 4.03. The molecule has 3 N–H and O–H groups in total. The molecule has 0 aliphatic heterocycles. The van der Waals surface area contributed by atoms with Gasteiger partial charge in [0.2, 0.25) is 0 Å². The summed E-state index contributed by atoms with van der Waals surface area (Å²) in [5.41, 5.74) is 9.66. The lowest BCUT2D eigenvalue weighted by molar-refractivity contribution is 0.0829. The smallest absolute Gasteiger partial charge is 0.305 e. The minimum atomic E-state index is -0.638. The number of amides is 3. The van der Waals surface area contributed by atoms with Crippen LogP contribution in [-0.4, -0.2) is 23.4 Å². The quantitative estimate of drug-likeness (QED) is 0.445. The summed E-state index contributed by atoms with van der Waals surface area (Å²) in [6.45, 7) is 1.72. The van der Waals surface area contributed by atoms with Gasteiger partial charge in [-0.05, 0) is 68.3 Å². The van der Waals surface area contributed by atoms with Gasteiger partial charge in [0, 0.05) is 33.1 Å². The summed E-state index contributed by atoms with van der Waals surface area (Å²) < 4.78 is 19.7. The third kappa shape index (κ3) is 5.07. The number of fused-ring (bicyclic) bond motifs is 1. The number of carbonyl (C=O) groups excluding carboxylic acids is 3. The zero-order chi connectivity index (χ0) is 24.2. The lowest BCUT2D eigenvalue weighted by Gasteiger charge is -2.13. The Bertz CT molecular complexity index is 1280.